The normalized spacial score (nSPS) is 9.56. The summed E-state index contributed by atoms with van der Waals surface area (Å²) in [6, 6.07) is 0. The topological polar surface area (TPSA) is 88.1 Å². The zero-order valence-corrected chi connectivity index (χ0v) is 10.6. The van der Waals surface area contributed by atoms with E-state index >= 15 is 0 Å². The lowest BCUT2D eigenvalue weighted by Gasteiger charge is -2.09. The molecule has 0 aliphatic heterocycles. The van der Waals surface area contributed by atoms with Crippen LogP contribution >= 0.6 is 0 Å². The van der Waals surface area contributed by atoms with Crippen LogP contribution in [0.1, 0.15) is 20.3 Å². The van der Waals surface area contributed by atoms with Crippen LogP contribution in [0, 0.1) is 0 Å². The molecule has 0 aromatic carbocycles. The first kappa shape index (κ1) is 16.0. The zero-order chi connectivity index (χ0) is 14.1. The van der Waals surface area contributed by atoms with Crippen LogP contribution in [0.3, 0.4) is 0 Å². The zero-order valence-electron chi connectivity index (χ0n) is 10.6. The van der Waals surface area contributed by atoms with Crippen molar-refractivity contribution in [3.05, 3.63) is 12.2 Å². The van der Waals surface area contributed by atoms with Crippen LogP contribution in [0.25, 0.3) is 0 Å². The number of rotatable bonds is 6. The van der Waals surface area contributed by atoms with Crippen LogP contribution in [-0.4, -0.2) is 38.1 Å². The Morgan fingerprint density at radius 2 is 1.78 bits per heavy atom. The quantitative estimate of drug-likeness (QED) is 0.306. The second-order valence-corrected chi connectivity index (χ2v) is 3.47. The molecule has 0 spiro atoms. The van der Waals surface area contributed by atoms with Crippen LogP contribution in [-0.2, 0) is 28.5 Å². The average Bonchev–Trinajstić information content (AvgIpc) is 2.26. The van der Waals surface area contributed by atoms with E-state index in [1.165, 1.54) is 7.11 Å². The van der Waals surface area contributed by atoms with Crippen molar-refractivity contribution in [2.24, 2.45) is 0 Å². The predicted molar refractivity (Wildman–Crippen MR) is 59.4 cm³/mol. The van der Waals surface area contributed by atoms with Gasteiger partial charge in [0.1, 0.15) is 0 Å². The molecule has 0 bridgehead atoms. The Morgan fingerprint density at radius 1 is 1.17 bits per heavy atom. The van der Waals surface area contributed by atoms with Gasteiger partial charge in [-0.1, -0.05) is 6.58 Å². The maximum absolute atomic E-state index is 11.2. The van der Waals surface area contributed by atoms with Crippen molar-refractivity contribution in [3.8, 4) is 0 Å². The molecule has 0 radical (unpaired) electrons. The van der Waals surface area contributed by atoms with Gasteiger partial charge in [-0.2, -0.15) is 0 Å². The van der Waals surface area contributed by atoms with E-state index in [0.29, 0.717) is 0 Å². The largest absolute Gasteiger partial charge is 0.511 e. The van der Waals surface area contributed by atoms with Gasteiger partial charge in [-0.15, -0.1) is 0 Å². The maximum atomic E-state index is 11.2. The van der Waals surface area contributed by atoms with Crippen molar-refractivity contribution >= 4 is 18.1 Å². The molecule has 7 nitrogen and oxygen atoms in total. The molecule has 0 aliphatic carbocycles. The highest BCUT2D eigenvalue weighted by atomic mass is 16.8. The van der Waals surface area contributed by atoms with E-state index in [9.17, 15) is 14.4 Å². The molecule has 0 unspecified atom stereocenters. The fourth-order valence-electron chi connectivity index (χ4n) is 0.812. The van der Waals surface area contributed by atoms with E-state index < -0.39 is 24.9 Å². The molecule has 0 atom stereocenters. The second kappa shape index (κ2) is 8.10. The molecule has 0 aliphatic rings. The van der Waals surface area contributed by atoms with Gasteiger partial charge in [-0.3, -0.25) is 4.79 Å². The Hall–Kier alpha value is -2.05. The number of hydrogen-bond acceptors (Lipinski definition) is 7. The van der Waals surface area contributed by atoms with Gasteiger partial charge in [0.2, 0.25) is 6.79 Å². The molecule has 0 heterocycles. The molecular formula is C11H16O7. The number of methoxy groups -OCH3 is 1. The van der Waals surface area contributed by atoms with Gasteiger partial charge in [-0.05, 0) is 13.8 Å². The van der Waals surface area contributed by atoms with Crippen molar-refractivity contribution < 1.29 is 33.3 Å². The summed E-state index contributed by atoms with van der Waals surface area (Å²) >= 11 is 0. The highest BCUT2D eigenvalue weighted by molar-refractivity contribution is 5.93. The first-order valence-corrected chi connectivity index (χ1v) is 5.12. The van der Waals surface area contributed by atoms with Gasteiger partial charge in [0, 0.05) is 5.57 Å². The van der Waals surface area contributed by atoms with Crippen molar-refractivity contribution in [3.63, 3.8) is 0 Å². The van der Waals surface area contributed by atoms with E-state index in [1.807, 2.05) is 0 Å². The minimum Gasteiger partial charge on any atom is -0.466 e. The molecule has 0 saturated carbocycles. The monoisotopic (exact) mass is 260 g/mol. The fourth-order valence-corrected chi connectivity index (χ4v) is 0.812. The van der Waals surface area contributed by atoms with E-state index in [-0.39, 0.29) is 18.1 Å². The van der Waals surface area contributed by atoms with E-state index in [0.717, 1.165) is 0 Å². The van der Waals surface area contributed by atoms with Gasteiger partial charge >= 0.3 is 18.1 Å². The molecule has 0 rings (SSSR count). The number of esters is 2. The standard InChI is InChI=1S/C11H16O7/c1-7(2)18-11(14)17-6-16-9(12)5-8(3)10(13)15-4/h7H,3,5-6H2,1-2,4H3. The lowest BCUT2D eigenvalue weighted by atomic mass is 10.2. The first-order valence-electron chi connectivity index (χ1n) is 5.12. The Kier molecular flexibility index (Phi) is 7.18. The fraction of sp³-hybridized carbons (Fsp3) is 0.545. The van der Waals surface area contributed by atoms with Crippen LogP contribution in [0.2, 0.25) is 0 Å². The highest BCUT2D eigenvalue weighted by Crippen LogP contribution is 2.02. The van der Waals surface area contributed by atoms with Gasteiger partial charge in [0.05, 0.1) is 19.6 Å². The third kappa shape index (κ3) is 7.26. The summed E-state index contributed by atoms with van der Waals surface area (Å²) in [6.07, 6.45) is -1.60. The van der Waals surface area contributed by atoms with Gasteiger partial charge in [0.25, 0.3) is 0 Å². The van der Waals surface area contributed by atoms with Crippen LogP contribution in [0.5, 0.6) is 0 Å². The summed E-state index contributed by atoms with van der Waals surface area (Å²) in [7, 11) is 1.17. The van der Waals surface area contributed by atoms with E-state index in [2.05, 4.69) is 25.5 Å². The Balaban J connectivity index is 3.81. The molecule has 0 saturated heterocycles. The lowest BCUT2D eigenvalue weighted by molar-refractivity contribution is -0.154. The summed E-state index contributed by atoms with van der Waals surface area (Å²) in [5, 5.41) is 0. The molecule has 18 heavy (non-hydrogen) atoms. The second-order valence-electron chi connectivity index (χ2n) is 3.47. The number of hydrogen-bond donors (Lipinski definition) is 0. The number of carbonyl (C=O) groups is 3. The summed E-state index contributed by atoms with van der Waals surface area (Å²) in [5.74, 6) is -1.46. The minimum atomic E-state index is -0.940. The van der Waals surface area contributed by atoms with Gasteiger partial charge in [-0.25, -0.2) is 9.59 Å². The Morgan fingerprint density at radius 3 is 2.28 bits per heavy atom. The van der Waals surface area contributed by atoms with Crippen molar-refractivity contribution in [2.45, 2.75) is 26.4 Å². The lowest BCUT2D eigenvalue weighted by Crippen LogP contribution is -2.17. The van der Waals surface area contributed by atoms with Crippen LogP contribution < -0.4 is 0 Å². The van der Waals surface area contributed by atoms with Gasteiger partial charge in [0.15, 0.2) is 0 Å². The summed E-state index contributed by atoms with van der Waals surface area (Å²) < 4.78 is 17.9. The highest BCUT2D eigenvalue weighted by Gasteiger charge is 2.14. The molecule has 0 fully saturated rings. The molecule has 0 aromatic rings. The van der Waals surface area contributed by atoms with Crippen LogP contribution in [0.15, 0.2) is 12.2 Å². The number of carbonyl (C=O) groups excluding carboxylic acids is 3. The van der Waals surface area contributed by atoms with E-state index in [1.54, 1.807) is 13.8 Å². The third-order valence-electron chi connectivity index (χ3n) is 1.56. The predicted octanol–water partition coefficient (Wildman–Crippen LogP) is 1.17. The molecule has 7 heteroatoms. The maximum Gasteiger partial charge on any atom is 0.511 e. The molecule has 0 N–H and O–H groups in total. The SMILES string of the molecule is C=C(CC(=O)OCOC(=O)OC(C)C)C(=O)OC. The third-order valence-corrected chi connectivity index (χ3v) is 1.56. The van der Waals surface area contributed by atoms with Crippen molar-refractivity contribution in [1.29, 1.82) is 0 Å². The molecule has 0 amide bonds. The molecule has 102 valence electrons. The summed E-state index contributed by atoms with van der Waals surface area (Å²) in [6.45, 7) is 6.05. The molecular weight excluding hydrogens is 244 g/mol. The van der Waals surface area contributed by atoms with Crippen LogP contribution in [0.4, 0.5) is 4.79 Å². The minimum absolute atomic E-state index is 0.0488. The summed E-state index contributed by atoms with van der Waals surface area (Å²) in [5.41, 5.74) is -0.0488. The van der Waals surface area contributed by atoms with E-state index in [4.69, 9.17) is 0 Å². The van der Waals surface area contributed by atoms with Crippen molar-refractivity contribution in [2.75, 3.05) is 13.9 Å². The molecule has 0 aromatic heterocycles. The Bertz CT molecular complexity index is 332. The Labute approximate surface area is 105 Å². The smallest absolute Gasteiger partial charge is 0.466 e. The number of ether oxygens (including phenoxy) is 4. The first-order chi connectivity index (χ1) is 8.36. The average molecular weight is 260 g/mol. The van der Waals surface area contributed by atoms with Crippen molar-refractivity contribution in [1.82, 2.24) is 0 Å². The van der Waals surface area contributed by atoms with Gasteiger partial charge < -0.3 is 18.9 Å². The summed E-state index contributed by atoms with van der Waals surface area (Å²) in [4.78, 5) is 33.0.